The van der Waals surface area contributed by atoms with Gasteiger partial charge in [-0.15, -0.1) is 0 Å². The monoisotopic (exact) mass is 256 g/mol. The SMILES string of the molecule is CN1CCN(c2ccc3ccccc3n2)C(CN)C1. The van der Waals surface area contributed by atoms with Crippen LogP contribution in [0.5, 0.6) is 0 Å². The highest BCUT2D eigenvalue weighted by atomic mass is 15.3. The lowest BCUT2D eigenvalue weighted by Crippen LogP contribution is -2.55. The summed E-state index contributed by atoms with van der Waals surface area (Å²) in [5.74, 6) is 1.04. The summed E-state index contributed by atoms with van der Waals surface area (Å²) >= 11 is 0. The van der Waals surface area contributed by atoms with E-state index >= 15 is 0 Å². The molecular formula is C15H20N4. The van der Waals surface area contributed by atoms with E-state index in [0.29, 0.717) is 12.6 Å². The maximum absolute atomic E-state index is 5.91. The molecule has 0 radical (unpaired) electrons. The molecule has 100 valence electrons. The van der Waals surface area contributed by atoms with Crippen molar-refractivity contribution in [3.63, 3.8) is 0 Å². The Morgan fingerprint density at radius 2 is 2.05 bits per heavy atom. The number of para-hydroxylation sites is 1. The highest BCUT2D eigenvalue weighted by molar-refractivity contribution is 5.80. The largest absolute Gasteiger partial charge is 0.350 e. The molecule has 0 bridgehead atoms. The van der Waals surface area contributed by atoms with E-state index in [1.165, 1.54) is 5.39 Å². The van der Waals surface area contributed by atoms with Gasteiger partial charge in [0, 0.05) is 31.6 Å². The van der Waals surface area contributed by atoms with Gasteiger partial charge < -0.3 is 15.5 Å². The lowest BCUT2D eigenvalue weighted by Gasteiger charge is -2.40. The highest BCUT2D eigenvalue weighted by Crippen LogP contribution is 2.21. The number of likely N-dealkylation sites (N-methyl/N-ethyl adjacent to an activating group) is 1. The van der Waals surface area contributed by atoms with Crippen LogP contribution in [-0.4, -0.2) is 49.2 Å². The third-order valence-corrected chi connectivity index (χ3v) is 3.84. The molecule has 4 nitrogen and oxygen atoms in total. The minimum Gasteiger partial charge on any atom is -0.350 e. The Bertz CT molecular complexity index is 569. The zero-order valence-electron chi connectivity index (χ0n) is 11.3. The molecule has 1 aromatic heterocycles. The van der Waals surface area contributed by atoms with Gasteiger partial charge >= 0.3 is 0 Å². The summed E-state index contributed by atoms with van der Waals surface area (Å²) in [6, 6.07) is 12.8. The maximum atomic E-state index is 5.91. The average molecular weight is 256 g/mol. The second-order valence-electron chi connectivity index (χ2n) is 5.21. The average Bonchev–Trinajstić information content (AvgIpc) is 2.46. The number of hydrogen-bond acceptors (Lipinski definition) is 4. The minimum atomic E-state index is 0.354. The molecule has 0 aliphatic carbocycles. The second kappa shape index (κ2) is 5.15. The fourth-order valence-corrected chi connectivity index (χ4v) is 2.73. The molecule has 1 fully saturated rings. The van der Waals surface area contributed by atoms with E-state index in [9.17, 15) is 0 Å². The van der Waals surface area contributed by atoms with Crippen molar-refractivity contribution in [2.24, 2.45) is 5.73 Å². The van der Waals surface area contributed by atoms with Crippen LogP contribution in [0.25, 0.3) is 10.9 Å². The summed E-state index contributed by atoms with van der Waals surface area (Å²) in [5, 5.41) is 1.18. The quantitative estimate of drug-likeness (QED) is 0.880. The van der Waals surface area contributed by atoms with Gasteiger partial charge in [0.1, 0.15) is 5.82 Å². The summed E-state index contributed by atoms with van der Waals surface area (Å²) in [4.78, 5) is 9.44. The number of anilines is 1. The summed E-state index contributed by atoms with van der Waals surface area (Å²) in [6.45, 7) is 3.72. The molecular weight excluding hydrogens is 236 g/mol. The Morgan fingerprint density at radius 1 is 1.21 bits per heavy atom. The molecule has 1 atom stereocenters. The van der Waals surface area contributed by atoms with E-state index in [4.69, 9.17) is 10.7 Å². The van der Waals surface area contributed by atoms with Gasteiger partial charge in [-0.2, -0.15) is 0 Å². The van der Waals surface area contributed by atoms with Crippen LogP contribution in [0.15, 0.2) is 36.4 Å². The van der Waals surface area contributed by atoms with Crippen LogP contribution < -0.4 is 10.6 Å². The zero-order valence-corrected chi connectivity index (χ0v) is 11.3. The van der Waals surface area contributed by atoms with Crippen LogP contribution >= 0.6 is 0 Å². The van der Waals surface area contributed by atoms with Crippen LogP contribution in [0.4, 0.5) is 5.82 Å². The van der Waals surface area contributed by atoms with E-state index in [-0.39, 0.29) is 0 Å². The lowest BCUT2D eigenvalue weighted by atomic mass is 10.1. The first-order chi connectivity index (χ1) is 9.28. The molecule has 0 spiro atoms. The van der Waals surface area contributed by atoms with E-state index in [1.54, 1.807) is 0 Å². The smallest absolute Gasteiger partial charge is 0.129 e. The second-order valence-corrected chi connectivity index (χ2v) is 5.21. The van der Waals surface area contributed by atoms with E-state index < -0.39 is 0 Å². The number of piperazine rings is 1. The van der Waals surface area contributed by atoms with Gasteiger partial charge in [-0.05, 0) is 25.2 Å². The van der Waals surface area contributed by atoms with Crippen molar-refractivity contribution in [2.75, 3.05) is 38.1 Å². The molecule has 3 rings (SSSR count). The summed E-state index contributed by atoms with van der Waals surface area (Å²) in [5.41, 5.74) is 6.96. The number of fused-ring (bicyclic) bond motifs is 1. The van der Waals surface area contributed by atoms with E-state index in [2.05, 4.69) is 41.1 Å². The van der Waals surface area contributed by atoms with Gasteiger partial charge in [0.2, 0.25) is 0 Å². The third kappa shape index (κ3) is 2.41. The van der Waals surface area contributed by atoms with Gasteiger partial charge in [-0.3, -0.25) is 0 Å². The van der Waals surface area contributed by atoms with Gasteiger partial charge in [-0.25, -0.2) is 4.98 Å². The number of nitrogens with zero attached hydrogens (tertiary/aromatic N) is 3. The molecule has 1 aliphatic heterocycles. The van der Waals surface area contributed by atoms with Crippen molar-refractivity contribution in [3.05, 3.63) is 36.4 Å². The third-order valence-electron chi connectivity index (χ3n) is 3.84. The molecule has 1 aromatic carbocycles. The van der Waals surface area contributed by atoms with Crippen molar-refractivity contribution in [3.8, 4) is 0 Å². The van der Waals surface area contributed by atoms with Crippen molar-refractivity contribution >= 4 is 16.7 Å². The fourth-order valence-electron chi connectivity index (χ4n) is 2.73. The van der Waals surface area contributed by atoms with Crippen LogP contribution in [0.1, 0.15) is 0 Å². The Hall–Kier alpha value is -1.65. The summed E-state index contributed by atoms with van der Waals surface area (Å²) in [7, 11) is 2.15. The summed E-state index contributed by atoms with van der Waals surface area (Å²) in [6.07, 6.45) is 0. The van der Waals surface area contributed by atoms with Crippen LogP contribution in [0.3, 0.4) is 0 Å². The summed E-state index contributed by atoms with van der Waals surface area (Å²) < 4.78 is 0. The van der Waals surface area contributed by atoms with Crippen LogP contribution in [-0.2, 0) is 0 Å². The number of benzene rings is 1. The van der Waals surface area contributed by atoms with Gasteiger partial charge in [0.05, 0.1) is 11.6 Å². The fraction of sp³-hybridized carbons (Fsp3) is 0.400. The molecule has 1 aliphatic rings. The van der Waals surface area contributed by atoms with Gasteiger partial charge in [0.25, 0.3) is 0 Å². The van der Waals surface area contributed by atoms with Crippen molar-refractivity contribution in [2.45, 2.75) is 6.04 Å². The molecule has 2 aromatic rings. The molecule has 0 amide bonds. The van der Waals surface area contributed by atoms with Gasteiger partial charge in [-0.1, -0.05) is 18.2 Å². The topological polar surface area (TPSA) is 45.4 Å². The standard InChI is InChI=1S/C15H20N4/c1-18-8-9-19(13(10-16)11-18)15-7-6-12-4-2-3-5-14(12)17-15/h2-7,13H,8-11,16H2,1H3. The molecule has 2 N–H and O–H groups in total. The number of aromatic nitrogens is 1. The van der Waals surface area contributed by atoms with Crippen LogP contribution in [0.2, 0.25) is 0 Å². The highest BCUT2D eigenvalue weighted by Gasteiger charge is 2.25. The van der Waals surface area contributed by atoms with Crippen molar-refractivity contribution in [1.82, 2.24) is 9.88 Å². The Morgan fingerprint density at radius 3 is 2.89 bits per heavy atom. The lowest BCUT2D eigenvalue weighted by molar-refractivity contribution is 0.269. The number of nitrogens with two attached hydrogens (primary N) is 1. The molecule has 19 heavy (non-hydrogen) atoms. The molecule has 2 heterocycles. The normalized spacial score (nSPS) is 20.9. The van der Waals surface area contributed by atoms with Crippen molar-refractivity contribution in [1.29, 1.82) is 0 Å². The van der Waals surface area contributed by atoms with E-state index in [0.717, 1.165) is 31.0 Å². The Balaban J connectivity index is 1.94. The Labute approximate surface area is 113 Å². The first-order valence-electron chi connectivity index (χ1n) is 6.79. The molecule has 1 unspecified atom stereocenters. The van der Waals surface area contributed by atoms with Crippen LogP contribution in [0, 0.1) is 0 Å². The number of hydrogen-bond donors (Lipinski definition) is 1. The molecule has 0 saturated carbocycles. The molecule has 4 heteroatoms. The first kappa shape index (κ1) is 12.4. The zero-order chi connectivity index (χ0) is 13.2. The van der Waals surface area contributed by atoms with E-state index in [1.807, 2.05) is 12.1 Å². The predicted molar refractivity (Wildman–Crippen MR) is 79.4 cm³/mol. The number of pyridine rings is 1. The predicted octanol–water partition coefficient (Wildman–Crippen LogP) is 1.31. The van der Waals surface area contributed by atoms with Gasteiger partial charge in [0.15, 0.2) is 0 Å². The molecule has 1 saturated heterocycles. The Kier molecular flexibility index (Phi) is 3.36. The first-order valence-corrected chi connectivity index (χ1v) is 6.79. The van der Waals surface area contributed by atoms with Crippen molar-refractivity contribution < 1.29 is 0 Å². The number of rotatable bonds is 2. The maximum Gasteiger partial charge on any atom is 0.129 e. The minimum absolute atomic E-state index is 0.354.